The first-order valence-corrected chi connectivity index (χ1v) is 8.35. The molecule has 138 valence electrons. The van der Waals surface area contributed by atoms with Crippen LogP contribution in [-0.4, -0.2) is 27.3 Å². The number of nitrogens with zero attached hydrogens (tertiary/aromatic N) is 2. The molecular formula is C19H15F2N3O3. The van der Waals surface area contributed by atoms with Gasteiger partial charge in [0, 0.05) is 24.8 Å². The van der Waals surface area contributed by atoms with Gasteiger partial charge in [-0.25, -0.2) is 18.6 Å². The molecule has 1 aromatic carbocycles. The molecule has 3 heterocycles. The average Bonchev–Trinajstić information content (AvgIpc) is 3.11. The SMILES string of the molecule is O=C(O)c1cn(CCF)c2nc(-c3ccc4c(c3)CNC4)c(F)cc2c1=O. The lowest BCUT2D eigenvalue weighted by atomic mass is 10.0. The summed E-state index contributed by atoms with van der Waals surface area (Å²) < 4.78 is 28.9. The number of pyridine rings is 2. The third kappa shape index (κ3) is 2.87. The lowest BCUT2D eigenvalue weighted by Crippen LogP contribution is -2.20. The second kappa shape index (κ2) is 6.55. The van der Waals surface area contributed by atoms with Gasteiger partial charge in [-0.3, -0.25) is 4.79 Å². The largest absolute Gasteiger partial charge is 0.477 e. The Morgan fingerprint density at radius 1 is 1.26 bits per heavy atom. The molecular weight excluding hydrogens is 356 g/mol. The molecule has 0 radical (unpaired) electrons. The number of halogens is 2. The highest BCUT2D eigenvalue weighted by Gasteiger charge is 2.20. The number of rotatable bonds is 4. The molecule has 0 unspecified atom stereocenters. The van der Waals surface area contributed by atoms with E-state index in [0.29, 0.717) is 12.1 Å². The van der Waals surface area contributed by atoms with Crippen LogP contribution in [0.5, 0.6) is 0 Å². The van der Waals surface area contributed by atoms with Crippen LogP contribution < -0.4 is 10.7 Å². The minimum atomic E-state index is -1.45. The standard InChI is InChI=1S/C19H15F2N3O3/c20-3-4-24-9-14(19(26)27)17(25)13-6-15(21)16(23-18(13)24)10-1-2-11-7-22-8-12(11)5-10/h1-2,5-6,9,22H,3-4,7-8H2,(H,26,27). The number of hydrogen-bond donors (Lipinski definition) is 2. The van der Waals surface area contributed by atoms with Gasteiger partial charge >= 0.3 is 5.97 Å². The fourth-order valence-electron chi connectivity index (χ4n) is 3.34. The zero-order valence-electron chi connectivity index (χ0n) is 14.1. The van der Waals surface area contributed by atoms with E-state index in [1.165, 1.54) is 4.57 Å². The summed E-state index contributed by atoms with van der Waals surface area (Å²) in [5.74, 6) is -2.19. The van der Waals surface area contributed by atoms with Crippen molar-refractivity contribution in [3.63, 3.8) is 0 Å². The number of carbonyl (C=O) groups is 1. The smallest absolute Gasteiger partial charge is 0.341 e. The minimum absolute atomic E-state index is 0.0345. The third-order valence-electron chi connectivity index (χ3n) is 4.67. The third-order valence-corrected chi connectivity index (χ3v) is 4.67. The number of alkyl halides is 1. The summed E-state index contributed by atoms with van der Waals surface area (Å²) in [4.78, 5) is 27.9. The van der Waals surface area contributed by atoms with E-state index in [-0.39, 0.29) is 23.3 Å². The van der Waals surface area contributed by atoms with Crippen LogP contribution in [0.3, 0.4) is 0 Å². The van der Waals surface area contributed by atoms with Crippen LogP contribution in [-0.2, 0) is 19.6 Å². The van der Waals surface area contributed by atoms with Crippen molar-refractivity contribution >= 4 is 17.0 Å². The Bertz CT molecular complexity index is 1140. The Morgan fingerprint density at radius 3 is 2.78 bits per heavy atom. The van der Waals surface area contributed by atoms with E-state index in [0.717, 1.165) is 29.9 Å². The number of nitrogens with one attached hydrogen (secondary N) is 1. The molecule has 0 bridgehead atoms. The van der Waals surface area contributed by atoms with Crippen LogP contribution >= 0.6 is 0 Å². The number of carboxylic acid groups (broad SMARTS) is 1. The first kappa shape index (κ1) is 17.3. The highest BCUT2D eigenvalue weighted by atomic mass is 19.1. The van der Waals surface area contributed by atoms with E-state index in [4.69, 9.17) is 0 Å². The van der Waals surface area contributed by atoms with Gasteiger partial charge in [-0.15, -0.1) is 0 Å². The normalized spacial score (nSPS) is 13.1. The number of aromatic nitrogens is 2. The van der Waals surface area contributed by atoms with Crippen molar-refractivity contribution < 1.29 is 18.7 Å². The molecule has 2 N–H and O–H groups in total. The topological polar surface area (TPSA) is 84.2 Å². The molecule has 6 nitrogen and oxygen atoms in total. The van der Waals surface area contributed by atoms with Crippen molar-refractivity contribution in [2.24, 2.45) is 0 Å². The van der Waals surface area contributed by atoms with E-state index in [1.54, 1.807) is 6.07 Å². The van der Waals surface area contributed by atoms with Gasteiger partial charge in [0.15, 0.2) is 0 Å². The maximum absolute atomic E-state index is 14.7. The highest BCUT2D eigenvalue weighted by Crippen LogP contribution is 2.27. The Hall–Kier alpha value is -3.13. The van der Waals surface area contributed by atoms with Gasteiger partial charge in [0.1, 0.15) is 29.4 Å². The summed E-state index contributed by atoms with van der Waals surface area (Å²) in [5.41, 5.74) is 1.40. The molecule has 1 aliphatic rings. The Balaban J connectivity index is 1.97. The predicted octanol–water partition coefficient (Wildman–Crippen LogP) is 2.47. The van der Waals surface area contributed by atoms with E-state index in [9.17, 15) is 23.5 Å². The van der Waals surface area contributed by atoms with Crippen LogP contribution in [0.4, 0.5) is 8.78 Å². The molecule has 0 saturated heterocycles. The number of aryl methyl sites for hydroxylation is 1. The molecule has 27 heavy (non-hydrogen) atoms. The number of aromatic carboxylic acids is 1. The second-order valence-electron chi connectivity index (χ2n) is 6.34. The average molecular weight is 371 g/mol. The minimum Gasteiger partial charge on any atom is -0.477 e. The molecule has 4 rings (SSSR count). The second-order valence-corrected chi connectivity index (χ2v) is 6.34. The monoisotopic (exact) mass is 371 g/mol. The van der Waals surface area contributed by atoms with Crippen LogP contribution in [0.1, 0.15) is 21.5 Å². The van der Waals surface area contributed by atoms with Crippen molar-refractivity contribution in [1.82, 2.24) is 14.9 Å². The molecule has 0 aliphatic carbocycles. The van der Waals surface area contributed by atoms with Gasteiger partial charge < -0.3 is 15.0 Å². The highest BCUT2D eigenvalue weighted by molar-refractivity contribution is 5.92. The first-order chi connectivity index (χ1) is 13.0. The Labute approximate surface area is 152 Å². The van der Waals surface area contributed by atoms with Crippen molar-refractivity contribution in [3.05, 3.63) is 63.2 Å². The molecule has 0 saturated carbocycles. The molecule has 0 atom stereocenters. The molecule has 1 aliphatic heterocycles. The fourth-order valence-corrected chi connectivity index (χ4v) is 3.34. The Kier molecular flexibility index (Phi) is 4.19. The van der Waals surface area contributed by atoms with Crippen molar-refractivity contribution in [2.75, 3.05) is 6.67 Å². The van der Waals surface area contributed by atoms with Gasteiger partial charge in [-0.1, -0.05) is 12.1 Å². The number of benzene rings is 1. The molecule has 0 amide bonds. The number of hydrogen-bond acceptors (Lipinski definition) is 4. The summed E-state index contributed by atoms with van der Waals surface area (Å²) in [7, 11) is 0. The van der Waals surface area contributed by atoms with E-state index >= 15 is 0 Å². The van der Waals surface area contributed by atoms with Gasteiger partial charge in [-0.05, 0) is 23.3 Å². The molecule has 8 heteroatoms. The van der Waals surface area contributed by atoms with Crippen molar-refractivity contribution in [3.8, 4) is 11.3 Å². The van der Waals surface area contributed by atoms with Gasteiger partial charge in [0.2, 0.25) is 5.43 Å². The van der Waals surface area contributed by atoms with Crippen LogP contribution in [0.15, 0.2) is 35.3 Å². The number of carboxylic acids is 1. The lowest BCUT2D eigenvalue weighted by molar-refractivity contribution is 0.0694. The molecule has 3 aromatic rings. The fraction of sp³-hybridized carbons (Fsp3) is 0.211. The van der Waals surface area contributed by atoms with Crippen molar-refractivity contribution in [2.45, 2.75) is 19.6 Å². The summed E-state index contributed by atoms with van der Waals surface area (Å²) in [6, 6.07) is 6.44. The van der Waals surface area contributed by atoms with E-state index < -0.39 is 29.5 Å². The molecule has 0 fully saturated rings. The predicted molar refractivity (Wildman–Crippen MR) is 94.9 cm³/mol. The summed E-state index contributed by atoms with van der Waals surface area (Å²) in [6.07, 6.45) is 1.05. The van der Waals surface area contributed by atoms with Gasteiger partial charge in [0.25, 0.3) is 0 Å². The molecule has 0 spiro atoms. The quantitative estimate of drug-likeness (QED) is 0.736. The van der Waals surface area contributed by atoms with Gasteiger partial charge in [-0.2, -0.15) is 0 Å². The maximum Gasteiger partial charge on any atom is 0.341 e. The van der Waals surface area contributed by atoms with Gasteiger partial charge in [0.05, 0.1) is 11.9 Å². The molecule has 2 aromatic heterocycles. The van der Waals surface area contributed by atoms with E-state index in [2.05, 4.69) is 10.3 Å². The summed E-state index contributed by atoms with van der Waals surface area (Å²) in [6.45, 7) is 0.448. The summed E-state index contributed by atoms with van der Waals surface area (Å²) >= 11 is 0. The first-order valence-electron chi connectivity index (χ1n) is 8.35. The lowest BCUT2D eigenvalue weighted by Gasteiger charge is -2.12. The maximum atomic E-state index is 14.7. The zero-order chi connectivity index (χ0) is 19.1. The van der Waals surface area contributed by atoms with Crippen LogP contribution in [0.25, 0.3) is 22.3 Å². The van der Waals surface area contributed by atoms with Crippen molar-refractivity contribution in [1.29, 1.82) is 0 Å². The number of fused-ring (bicyclic) bond motifs is 2. The Morgan fingerprint density at radius 2 is 2.04 bits per heavy atom. The van der Waals surface area contributed by atoms with Crippen LogP contribution in [0, 0.1) is 5.82 Å². The summed E-state index contributed by atoms with van der Waals surface area (Å²) in [5, 5.41) is 12.2. The van der Waals surface area contributed by atoms with Crippen LogP contribution in [0.2, 0.25) is 0 Å². The van der Waals surface area contributed by atoms with E-state index in [1.807, 2.05) is 12.1 Å². The zero-order valence-corrected chi connectivity index (χ0v) is 14.1.